The molecule has 0 aromatic heterocycles. The number of aliphatic hydroxyl groups is 2. The maximum atomic E-state index is 13.2. The Morgan fingerprint density at radius 2 is 1.61 bits per heavy atom. The van der Waals surface area contributed by atoms with E-state index >= 15 is 0 Å². The highest BCUT2D eigenvalue weighted by Crippen LogP contribution is 2.67. The van der Waals surface area contributed by atoms with Crippen LogP contribution in [0.25, 0.3) is 6.08 Å². The van der Waals surface area contributed by atoms with E-state index in [1.807, 2.05) is 44.2 Å². The third-order valence-corrected chi connectivity index (χ3v) is 8.78. The van der Waals surface area contributed by atoms with Crippen molar-refractivity contribution in [2.24, 2.45) is 17.3 Å². The molecule has 11 nitrogen and oxygen atoms in total. The second-order valence-electron chi connectivity index (χ2n) is 11.6. The maximum absolute atomic E-state index is 13.2. The van der Waals surface area contributed by atoms with Crippen LogP contribution < -0.4 is 0 Å². The van der Waals surface area contributed by atoms with Crippen LogP contribution in [0.15, 0.2) is 36.4 Å². The second kappa shape index (κ2) is 11.5. The number of carbonyl (C=O) groups is 4. The second-order valence-corrected chi connectivity index (χ2v) is 11.6. The first-order chi connectivity index (χ1) is 19.3. The Morgan fingerprint density at radius 3 is 2.20 bits per heavy atom. The molecular weight excluding hydrogens is 536 g/mol. The summed E-state index contributed by atoms with van der Waals surface area (Å²) in [6, 6.07) is 9.11. The van der Waals surface area contributed by atoms with E-state index < -0.39 is 90.0 Å². The molecule has 0 amide bonds. The third kappa shape index (κ3) is 5.26. The molecule has 3 fully saturated rings. The van der Waals surface area contributed by atoms with Crippen molar-refractivity contribution in [2.75, 3.05) is 13.2 Å². The molecule has 1 spiro atoms. The number of hydrogen-bond acceptors (Lipinski definition) is 11. The molecule has 11 heteroatoms. The highest BCUT2D eigenvalue weighted by atomic mass is 16.6. The van der Waals surface area contributed by atoms with E-state index in [4.69, 9.17) is 23.7 Å². The summed E-state index contributed by atoms with van der Waals surface area (Å²) < 4.78 is 30.0. The summed E-state index contributed by atoms with van der Waals surface area (Å²) >= 11 is 0. The van der Waals surface area contributed by atoms with Crippen molar-refractivity contribution in [3.8, 4) is 0 Å². The molecule has 0 unspecified atom stereocenters. The van der Waals surface area contributed by atoms with Crippen LogP contribution in [0.2, 0.25) is 0 Å². The molecule has 1 heterocycles. The lowest BCUT2D eigenvalue weighted by Crippen LogP contribution is -2.78. The number of carbonyl (C=O) groups excluding carboxylic acids is 4. The van der Waals surface area contributed by atoms with Crippen molar-refractivity contribution in [1.82, 2.24) is 0 Å². The minimum absolute atomic E-state index is 0.0743. The SMILES string of the molecule is CC(=O)O[C@H]1C[C@@H](C)[C@]23OC(C)(C)[C@H](C[C@H](OC(=O)/C=C/c4ccccc4)[C@]2(CO)[C@H]1OC(=O)CO)[C@@H]3OC(C)=O. The van der Waals surface area contributed by atoms with Gasteiger partial charge in [-0.1, -0.05) is 37.3 Å². The fraction of sp³-hybridized carbons (Fsp3) is 0.600. The summed E-state index contributed by atoms with van der Waals surface area (Å²) in [4.78, 5) is 50.3. The van der Waals surface area contributed by atoms with E-state index in [1.54, 1.807) is 13.0 Å². The number of hydrogen-bond donors (Lipinski definition) is 2. The Kier molecular flexibility index (Phi) is 8.63. The van der Waals surface area contributed by atoms with Gasteiger partial charge in [0.1, 0.15) is 35.9 Å². The molecule has 2 aliphatic carbocycles. The average Bonchev–Trinajstić information content (AvgIpc) is 3.07. The van der Waals surface area contributed by atoms with Gasteiger partial charge in [0.25, 0.3) is 0 Å². The van der Waals surface area contributed by atoms with Crippen LogP contribution in [0.4, 0.5) is 0 Å². The number of ether oxygens (including phenoxy) is 5. The number of aliphatic hydroxyl groups excluding tert-OH is 2. The molecule has 8 atom stereocenters. The zero-order valence-corrected chi connectivity index (χ0v) is 23.9. The monoisotopic (exact) mass is 574 g/mol. The van der Waals surface area contributed by atoms with Crippen molar-refractivity contribution in [3.05, 3.63) is 42.0 Å². The normalized spacial score (nSPS) is 35.3. The predicted molar refractivity (Wildman–Crippen MR) is 143 cm³/mol. The first-order valence-corrected chi connectivity index (χ1v) is 13.7. The van der Waals surface area contributed by atoms with Crippen LogP contribution in [0.3, 0.4) is 0 Å². The Bertz CT molecular complexity index is 1190. The van der Waals surface area contributed by atoms with Gasteiger partial charge in [0.05, 0.1) is 12.2 Å². The molecular formula is C30H38O11. The lowest BCUT2D eigenvalue weighted by atomic mass is 9.48. The van der Waals surface area contributed by atoms with Crippen molar-refractivity contribution in [3.63, 3.8) is 0 Å². The third-order valence-electron chi connectivity index (χ3n) is 8.78. The summed E-state index contributed by atoms with van der Waals surface area (Å²) in [6.07, 6.45) is -1.53. The van der Waals surface area contributed by atoms with Gasteiger partial charge in [0.15, 0.2) is 6.10 Å². The van der Waals surface area contributed by atoms with Crippen molar-refractivity contribution in [1.29, 1.82) is 0 Å². The molecule has 4 rings (SSSR count). The smallest absolute Gasteiger partial charge is 0.332 e. The molecule has 41 heavy (non-hydrogen) atoms. The van der Waals surface area contributed by atoms with Gasteiger partial charge >= 0.3 is 23.9 Å². The molecule has 224 valence electrons. The maximum Gasteiger partial charge on any atom is 0.332 e. The first-order valence-electron chi connectivity index (χ1n) is 13.7. The van der Waals surface area contributed by atoms with E-state index in [0.29, 0.717) is 0 Å². The van der Waals surface area contributed by atoms with Crippen molar-refractivity contribution < 1.29 is 53.1 Å². The highest BCUT2D eigenvalue weighted by molar-refractivity contribution is 5.87. The Morgan fingerprint density at radius 1 is 0.951 bits per heavy atom. The zero-order valence-electron chi connectivity index (χ0n) is 23.9. The predicted octanol–water partition coefficient (Wildman–Crippen LogP) is 1.97. The van der Waals surface area contributed by atoms with Gasteiger partial charge in [0, 0.05) is 25.8 Å². The summed E-state index contributed by atoms with van der Waals surface area (Å²) in [5.41, 5.74) is -3.44. The molecule has 1 aromatic rings. The molecule has 2 N–H and O–H groups in total. The summed E-state index contributed by atoms with van der Waals surface area (Å²) in [7, 11) is 0. The van der Waals surface area contributed by atoms with Crippen molar-refractivity contribution >= 4 is 30.0 Å². The van der Waals surface area contributed by atoms with Gasteiger partial charge in [0.2, 0.25) is 0 Å². The van der Waals surface area contributed by atoms with Gasteiger partial charge in [-0.25, -0.2) is 9.59 Å². The molecule has 3 aliphatic rings. The molecule has 2 bridgehead atoms. The Hall–Kier alpha value is -3.28. The van der Waals surface area contributed by atoms with Gasteiger partial charge < -0.3 is 33.9 Å². The van der Waals surface area contributed by atoms with Crippen LogP contribution in [0.5, 0.6) is 0 Å². The number of esters is 4. The van der Waals surface area contributed by atoms with E-state index in [0.717, 1.165) is 5.56 Å². The van der Waals surface area contributed by atoms with E-state index in [9.17, 15) is 29.4 Å². The minimum atomic E-state index is -1.75. The fourth-order valence-electron chi connectivity index (χ4n) is 7.32. The van der Waals surface area contributed by atoms with Crippen LogP contribution in [0, 0.1) is 17.3 Å². The lowest BCUT2D eigenvalue weighted by Gasteiger charge is -2.63. The zero-order chi connectivity index (χ0) is 30.2. The summed E-state index contributed by atoms with van der Waals surface area (Å²) in [6.45, 7) is 6.18. The van der Waals surface area contributed by atoms with Gasteiger partial charge in [-0.3, -0.25) is 9.59 Å². The van der Waals surface area contributed by atoms with Crippen LogP contribution in [-0.2, 0) is 42.9 Å². The molecule has 1 saturated heterocycles. The molecule has 1 aromatic carbocycles. The lowest BCUT2D eigenvalue weighted by molar-refractivity contribution is -0.320. The van der Waals surface area contributed by atoms with E-state index in [1.165, 1.54) is 19.9 Å². The standard InChI is InChI=1S/C30H38O11/c1-17-13-22(37-18(2)33)27(40-25(36)15-31)29(16-32)23(39-24(35)12-11-20-9-7-6-8-10-20)14-21-26(38-19(3)34)30(17,29)41-28(21,4)5/h6-12,17,21-23,26-27,31-32H,13-16H2,1-5H3/b12-11+/t17-,21-,22+,23+,26+,27+,29-,30-/m1/s1. The van der Waals surface area contributed by atoms with Gasteiger partial charge in [-0.05, 0) is 44.2 Å². The van der Waals surface area contributed by atoms with Crippen LogP contribution in [-0.4, -0.2) is 82.9 Å². The highest BCUT2D eigenvalue weighted by Gasteiger charge is 2.82. The van der Waals surface area contributed by atoms with Crippen LogP contribution in [0.1, 0.15) is 53.0 Å². The Labute approximate surface area is 238 Å². The average molecular weight is 575 g/mol. The molecule has 1 aliphatic heterocycles. The molecule has 2 saturated carbocycles. The fourth-order valence-corrected chi connectivity index (χ4v) is 7.32. The Balaban J connectivity index is 1.89. The number of rotatable bonds is 8. The molecule has 0 radical (unpaired) electrons. The topological polar surface area (TPSA) is 155 Å². The van der Waals surface area contributed by atoms with Gasteiger partial charge in [-0.15, -0.1) is 0 Å². The summed E-state index contributed by atoms with van der Waals surface area (Å²) in [5.74, 6) is -4.01. The van der Waals surface area contributed by atoms with E-state index in [2.05, 4.69) is 0 Å². The quantitative estimate of drug-likeness (QED) is 0.266. The van der Waals surface area contributed by atoms with Crippen LogP contribution >= 0.6 is 0 Å². The van der Waals surface area contributed by atoms with Crippen molar-refractivity contribution in [2.45, 2.75) is 83.1 Å². The minimum Gasteiger partial charge on any atom is -0.459 e. The van der Waals surface area contributed by atoms with Gasteiger partial charge in [-0.2, -0.15) is 0 Å². The largest absolute Gasteiger partial charge is 0.459 e. The summed E-state index contributed by atoms with van der Waals surface area (Å²) in [5, 5.41) is 20.9. The number of benzene rings is 1. The first kappa shape index (κ1) is 30.7. The van der Waals surface area contributed by atoms with E-state index in [-0.39, 0.29) is 12.8 Å². The number of fused-ring (bicyclic) bond motifs is 1.